The molecule has 27 heavy (non-hydrogen) atoms. The van der Waals surface area contributed by atoms with Gasteiger partial charge in [0, 0.05) is 12.1 Å². The fourth-order valence-corrected chi connectivity index (χ4v) is 6.09. The van der Waals surface area contributed by atoms with E-state index in [4.69, 9.17) is 0 Å². The molecule has 0 spiro atoms. The molecule has 1 N–H and O–H groups in total. The van der Waals surface area contributed by atoms with Gasteiger partial charge in [-0.2, -0.15) is 4.31 Å². The van der Waals surface area contributed by atoms with E-state index in [1.165, 1.54) is 4.31 Å². The highest BCUT2D eigenvalue weighted by Crippen LogP contribution is 2.31. The van der Waals surface area contributed by atoms with Crippen molar-refractivity contribution in [3.05, 3.63) is 28.8 Å². The SMILES string of the molecule is CC[C@H](C)NC(=O)CN(C1CCCCC1)S(=O)(=O)c1c(C)cc(C)cc1C. The first kappa shape index (κ1) is 21.9. The number of hydrogen-bond donors (Lipinski definition) is 1. The van der Waals surface area contributed by atoms with Crippen LogP contribution in [0.2, 0.25) is 0 Å². The molecule has 0 heterocycles. The minimum absolute atomic E-state index is 0.0382. The van der Waals surface area contributed by atoms with Gasteiger partial charge < -0.3 is 5.32 Å². The Hall–Kier alpha value is -1.40. The predicted molar refractivity (Wildman–Crippen MR) is 109 cm³/mol. The van der Waals surface area contributed by atoms with Crippen LogP contribution in [-0.2, 0) is 14.8 Å². The van der Waals surface area contributed by atoms with Crippen molar-refractivity contribution >= 4 is 15.9 Å². The number of hydrogen-bond acceptors (Lipinski definition) is 3. The summed E-state index contributed by atoms with van der Waals surface area (Å²) in [5.41, 5.74) is 2.54. The van der Waals surface area contributed by atoms with Crippen molar-refractivity contribution in [2.45, 2.75) is 90.1 Å². The smallest absolute Gasteiger partial charge is 0.244 e. The topological polar surface area (TPSA) is 66.5 Å². The first-order valence-corrected chi connectivity index (χ1v) is 11.5. The first-order chi connectivity index (χ1) is 12.7. The Morgan fingerprint density at radius 2 is 1.70 bits per heavy atom. The van der Waals surface area contributed by atoms with Crippen LogP contribution in [0.25, 0.3) is 0 Å². The molecule has 1 amide bonds. The van der Waals surface area contributed by atoms with Crippen molar-refractivity contribution < 1.29 is 13.2 Å². The second-order valence-electron chi connectivity index (χ2n) is 7.95. The molecular formula is C21H34N2O3S. The number of nitrogens with one attached hydrogen (secondary N) is 1. The van der Waals surface area contributed by atoms with Crippen molar-refractivity contribution in [3.63, 3.8) is 0 Å². The summed E-state index contributed by atoms with van der Waals surface area (Å²) in [5.74, 6) is -0.221. The minimum atomic E-state index is -3.74. The molecular weight excluding hydrogens is 360 g/mol. The van der Waals surface area contributed by atoms with Gasteiger partial charge in [-0.05, 0) is 58.1 Å². The lowest BCUT2D eigenvalue weighted by Crippen LogP contribution is -2.48. The van der Waals surface area contributed by atoms with Crippen LogP contribution in [0.3, 0.4) is 0 Å². The summed E-state index contributed by atoms with van der Waals surface area (Å²) < 4.78 is 28.7. The summed E-state index contributed by atoms with van der Waals surface area (Å²) in [5, 5.41) is 2.92. The second kappa shape index (κ2) is 9.20. The highest BCUT2D eigenvalue weighted by Gasteiger charge is 2.35. The third-order valence-corrected chi connectivity index (χ3v) is 7.68. The number of sulfonamides is 1. The van der Waals surface area contributed by atoms with E-state index in [2.05, 4.69) is 5.32 Å². The lowest BCUT2D eigenvalue weighted by atomic mass is 9.95. The van der Waals surface area contributed by atoms with E-state index in [9.17, 15) is 13.2 Å². The standard InChI is InChI=1S/C21H34N2O3S/c1-6-18(5)22-20(24)14-23(19-10-8-7-9-11-19)27(25,26)21-16(3)12-15(2)13-17(21)4/h12-13,18-19H,6-11,14H2,1-5H3,(H,22,24)/t18-/m0/s1. The van der Waals surface area contributed by atoms with Crippen LogP contribution < -0.4 is 5.32 Å². The molecule has 1 aromatic rings. The molecule has 1 saturated carbocycles. The van der Waals surface area contributed by atoms with Crippen molar-refractivity contribution in [3.8, 4) is 0 Å². The third-order valence-electron chi connectivity index (χ3n) is 5.47. The molecule has 6 heteroatoms. The van der Waals surface area contributed by atoms with Gasteiger partial charge in [-0.1, -0.05) is 43.9 Å². The van der Waals surface area contributed by atoms with E-state index in [0.717, 1.165) is 55.2 Å². The molecule has 2 rings (SSSR count). The molecule has 0 unspecified atom stereocenters. The fourth-order valence-electron chi connectivity index (χ4n) is 4.03. The van der Waals surface area contributed by atoms with Crippen LogP contribution in [0.4, 0.5) is 0 Å². The lowest BCUT2D eigenvalue weighted by Gasteiger charge is -2.34. The summed E-state index contributed by atoms with van der Waals surface area (Å²) in [4.78, 5) is 12.9. The van der Waals surface area contributed by atoms with Crippen LogP contribution >= 0.6 is 0 Å². The van der Waals surface area contributed by atoms with Crippen LogP contribution in [0.1, 0.15) is 69.1 Å². The zero-order valence-electron chi connectivity index (χ0n) is 17.3. The lowest BCUT2D eigenvalue weighted by molar-refractivity contribution is -0.122. The molecule has 5 nitrogen and oxygen atoms in total. The Morgan fingerprint density at radius 3 is 2.22 bits per heavy atom. The third kappa shape index (κ3) is 5.32. The molecule has 1 fully saturated rings. The molecule has 0 saturated heterocycles. The second-order valence-corrected chi connectivity index (χ2v) is 9.77. The number of aryl methyl sites for hydroxylation is 3. The molecule has 152 valence electrons. The van der Waals surface area contributed by atoms with Gasteiger partial charge in [0.1, 0.15) is 0 Å². The fraction of sp³-hybridized carbons (Fsp3) is 0.667. The maximum Gasteiger partial charge on any atom is 0.244 e. The Kier molecular flexibility index (Phi) is 7.46. The van der Waals surface area contributed by atoms with E-state index < -0.39 is 10.0 Å². The van der Waals surface area contributed by atoms with E-state index in [-0.39, 0.29) is 24.5 Å². The van der Waals surface area contributed by atoms with Crippen molar-refractivity contribution in [2.75, 3.05) is 6.54 Å². The highest BCUT2D eigenvalue weighted by atomic mass is 32.2. The van der Waals surface area contributed by atoms with Gasteiger partial charge >= 0.3 is 0 Å². The number of nitrogens with zero attached hydrogens (tertiary/aromatic N) is 1. The summed E-state index contributed by atoms with van der Waals surface area (Å²) in [6.45, 7) is 9.47. The monoisotopic (exact) mass is 394 g/mol. The van der Waals surface area contributed by atoms with Gasteiger partial charge in [0.15, 0.2) is 0 Å². The largest absolute Gasteiger partial charge is 0.353 e. The maximum absolute atomic E-state index is 13.6. The van der Waals surface area contributed by atoms with Gasteiger partial charge in [0.05, 0.1) is 11.4 Å². The van der Waals surface area contributed by atoms with Crippen molar-refractivity contribution in [1.82, 2.24) is 9.62 Å². The molecule has 1 aliphatic carbocycles. The van der Waals surface area contributed by atoms with Crippen molar-refractivity contribution in [2.24, 2.45) is 0 Å². The molecule has 1 atom stereocenters. The van der Waals surface area contributed by atoms with Gasteiger partial charge in [-0.3, -0.25) is 4.79 Å². The molecule has 0 aromatic heterocycles. The van der Waals surface area contributed by atoms with Crippen LogP contribution in [-0.4, -0.2) is 37.3 Å². The molecule has 0 bridgehead atoms. The maximum atomic E-state index is 13.6. The zero-order valence-corrected chi connectivity index (χ0v) is 18.2. The zero-order chi connectivity index (χ0) is 20.2. The summed E-state index contributed by atoms with van der Waals surface area (Å²) in [6, 6.07) is 3.74. The first-order valence-electron chi connectivity index (χ1n) is 10.1. The average Bonchev–Trinajstić information content (AvgIpc) is 2.59. The van der Waals surface area contributed by atoms with Gasteiger partial charge in [-0.25, -0.2) is 8.42 Å². The number of rotatable bonds is 7. The molecule has 1 aliphatic rings. The number of carbonyl (C=O) groups is 1. The van der Waals surface area contributed by atoms with Crippen LogP contribution in [0, 0.1) is 20.8 Å². The summed E-state index contributed by atoms with van der Waals surface area (Å²) in [7, 11) is -3.74. The van der Waals surface area contributed by atoms with Gasteiger partial charge in [0.25, 0.3) is 0 Å². The average molecular weight is 395 g/mol. The van der Waals surface area contributed by atoms with Crippen LogP contribution in [0.15, 0.2) is 17.0 Å². The van der Waals surface area contributed by atoms with Crippen molar-refractivity contribution in [1.29, 1.82) is 0 Å². The Labute approximate surface area is 164 Å². The van der Waals surface area contributed by atoms with Crippen LogP contribution in [0.5, 0.6) is 0 Å². The van der Waals surface area contributed by atoms with Gasteiger partial charge in [-0.15, -0.1) is 0 Å². The summed E-state index contributed by atoms with van der Waals surface area (Å²) >= 11 is 0. The number of carbonyl (C=O) groups excluding carboxylic acids is 1. The molecule has 0 aliphatic heterocycles. The molecule has 0 radical (unpaired) electrons. The summed E-state index contributed by atoms with van der Waals surface area (Å²) in [6.07, 6.45) is 5.61. The van der Waals surface area contributed by atoms with E-state index >= 15 is 0 Å². The minimum Gasteiger partial charge on any atom is -0.353 e. The normalized spacial score (nSPS) is 17.1. The van der Waals surface area contributed by atoms with E-state index in [1.54, 1.807) is 0 Å². The Morgan fingerprint density at radius 1 is 1.15 bits per heavy atom. The highest BCUT2D eigenvalue weighted by molar-refractivity contribution is 7.89. The van der Waals surface area contributed by atoms with E-state index in [0.29, 0.717) is 4.90 Å². The van der Waals surface area contributed by atoms with E-state index in [1.807, 2.05) is 46.8 Å². The Balaban J connectivity index is 2.41. The molecule has 1 aromatic carbocycles. The number of amides is 1. The quantitative estimate of drug-likeness (QED) is 0.764. The number of benzene rings is 1. The van der Waals surface area contributed by atoms with Gasteiger partial charge in [0.2, 0.25) is 15.9 Å². The predicted octanol–water partition coefficient (Wildman–Crippen LogP) is 3.85. The Bertz CT molecular complexity index is 745.